The molecule has 0 aliphatic heterocycles. The van der Waals surface area contributed by atoms with Crippen LogP contribution in [0.15, 0.2) is 65.5 Å². The Bertz CT molecular complexity index is 1050. The molecule has 0 aliphatic carbocycles. The number of carbonyl (C=O) groups is 1. The molecule has 0 saturated carbocycles. The first-order valence-corrected chi connectivity index (χ1v) is 9.01. The molecule has 0 fully saturated rings. The van der Waals surface area contributed by atoms with E-state index >= 15 is 0 Å². The highest BCUT2D eigenvalue weighted by molar-refractivity contribution is 5.92. The van der Waals surface area contributed by atoms with Gasteiger partial charge in [-0.15, -0.1) is 0 Å². The highest BCUT2D eigenvalue weighted by Crippen LogP contribution is 2.30. The molecule has 3 rings (SSSR count). The van der Waals surface area contributed by atoms with Crippen molar-refractivity contribution in [3.8, 4) is 17.0 Å². The van der Waals surface area contributed by atoms with Gasteiger partial charge in [0.25, 0.3) is 5.56 Å². The number of hydrogen-bond acceptors (Lipinski definition) is 4. The summed E-state index contributed by atoms with van der Waals surface area (Å²) in [5.41, 5.74) is 2.24. The van der Waals surface area contributed by atoms with Crippen LogP contribution >= 0.6 is 0 Å². The average Bonchev–Trinajstić information content (AvgIpc) is 2.65. The first-order chi connectivity index (χ1) is 13.2. The SMILES string of the molecule is CC(C)(C)c1ccc(O)c(NC(=O)Cn2nc(-c3ccccc3)ccc2=O)c1. The van der Waals surface area contributed by atoms with Gasteiger partial charge in [-0.3, -0.25) is 9.59 Å². The van der Waals surface area contributed by atoms with Crippen molar-refractivity contribution >= 4 is 11.6 Å². The third kappa shape index (κ3) is 4.46. The van der Waals surface area contributed by atoms with Gasteiger partial charge in [-0.2, -0.15) is 5.10 Å². The molecule has 0 bridgehead atoms. The standard InChI is InChI=1S/C22H23N3O3/c1-22(2,3)16-9-11-19(26)18(13-16)23-20(27)14-25-21(28)12-10-17(24-25)15-7-5-4-6-8-15/h4-13,26H,14H2,1-3H3,(H,23,27). The molecule has 3 aromatic rings. The summed E-state index contributed by atoms with van der Waals surface area (Å²) in [5.74, 6) is -0.471. The molecule has 6 nitrogen and oxygen atoms in total. The Balaban J connectivity index is 1.82. The summed E-state index contributed by atoms with van der Waals surface area (Å²) in [6.45, 7) is 5.88. The van der Waals surface area contributed by atoms with Crippen LogP contribution in [0.25, 0.3) is 11.3 Å². The Labute approximate surface area is 163 Å². The Morgan fingerprint density at radius 2 is 1.79 bits per heavy atom. The number of aromatic nitrogens is 2. The number of carbonyl (C=O) groups excluding carboxylic acids is 1. The topological polar surface area (TPSA) is 84.2 Å². The van der Waals surface area contributed by atoms with Crippen molar-refractivity contribution in [2.45, 2.75) is 32.7 Å². The second kappa shape index (κ2) is 7.68. The van der Waals surface area contributed by atoms with Crippen LogP contribution in [0.5, 0.6) is 5.75 Å². The second-order valence-corrected chi connectivity index (χ2v) is 7.61. The van der Waals surface area contributed by atoms with Crippen LogP contribution in [0.3, 0.4) is 0 Å². The number of benzene rings is 2. The highest BCUT2D eigenvalue weighted by Gasteiger charge is 2.17. The maximum Gasteiger partial charge on any atom is 0.267 e. The number of rotatable bonds is 4. The maximum absolute atomic E-state index is 12.5. The van der Waals surface area contributed by atoms with Crippen molar-refractivity contribution in [3.63, 3.8) is 0 Å². The summed E-state index contributed by atoms with van der Waals surface area (Å²) in [4.78, 5) is 24.6. The molecule has 0 atom stereocenters. The van der Waals surface area contributed by atoms with Gasteiger partial charge in [-0.1, -0.05) is 57.2 Å². The molecule has 2 N–H and O–H groups in total. The van der Waals surface area contributed by atoms with E-state index in [1.54, 1.807) is 18.2 Å². The quantitative estimate of drug-likeness (QED) is 0.681. The lowest BCUT2D eigenvalue weighted by atomic mass is 9.87. The first kappa shape index (κ1) is 19.4. The minimum atomic E-state index is -0.443. The lowest BCUT2D eigenvalue weighted by Crippen LogP contribution is -2.29. The van der Waals surface area contributed by atoms with Crippen molar-refractivity contribution in [1.29, 1.82) is 0 Å². The summed E-state index contributed by atoms with van der Waals surface area (Å²) < 4.78 is 1.11. The van der Waals surface area contributed by atoms with Crippen LogP contribution in [0.4, 0.5) is 5.69 Å². The molecule has 0 aliphatic rings. The molecule has 1 heterocycles. The van der Waals surface area contributed by atoms with Gasteiger partial charge < -0.3 is 10.4 Å². The Hall–Kier alpha value is -3.41. The molecular formula is C22H23N3O3. The molecular weight excluding hydrogens is 354 g/mol. The van der Waals surface area contributed by atoms with Crippen molar-refractivity contribution in [3.05, 3.63) is 76.6 Å². The van der Waals surface area contributed by atoms with E-state index in [4.69, 9.17) is 0 Å². The molecule has 6 heteroatoms. The number of anilines is 1. The van der Waals surface area contributed by atoms with E-state index < -0.39 is 5.91 Å². The van der Waals surface area contributed by atoms with Gasteiger partial charge in [0, 0.05) is 11.6 Å². The predicted octanol–water partition coefficient (Wildman–Crippen LogP) is 3.55. The largest absolute Gasteiger partial charge is 0.506 e. The van der Waals surface area contributed by atoms with Gasteiger partial charge in [0.05, 0.1) is 11.4 Å². The normalized spacial score (nSPS) is 11.2. The van der Waals surface area contributed by atoms with Gasteiger partial charge in [0.1, 0.15) is 12.3 Å². The lowest BCUT2D eigenvalue weighted by molar-refractivity contribution is -0.117. The van der Waals surface area contributed by atoms with Crippen LogP contribution in [-0.4, -0.2) is 20.8 Å². The molecule has 0 unspecified atom stereocenters. The van der Waals surface area contributed by atoms with E-state index in [1.807, 2.05) is 57.2 Å². The van der Waals surface area contributed by atoms with Crippen LogP contribution in [0, 0.1) is 0 Å². The van der Waals surface area contributed by atoms with Gasteiger partial charge in [0.2, 0.25) is 5.91 Å². The number of hydrogen-bond donors (Lipinski definition) is 2. The van der Waals surface area contributed by atoms with Gasteiger partial charge in [0.15, 0.2) is 0 Å². The predicted molar refractivity (Wildman–Crippen MR) is 109 cm³/mol. The fourth-order valence-electron chi connectivity index (χ4n) is 2.75. The van der Waals surface area contributed by atoms with Crippen LogP contribution < -0.4 is 10.9 Å². The minimum Gasteiger partial charge on any atom is -0.506 e. The Morgan fingerprint density at radius 1 is 1.07 bits per heavy atom. The zero-order valence-corrected chi connectivity index (χ0v) is 16.1. The molecule has 0 spiro atoms. The van der Waals surface area contributed by atoms with E-state index in [9.17, 15) is 14.7 Å². The third-order valence-electron chi connectivity index (χ3n) is 4.37. The number of nitrogens with zero attached hydrogens (tertiary/aromatic N) is 2. The zero-order chi connectivity index (χ0) is 20.3. The fourth-order valence-corrected chi connectivity index (χ4v) is 2.75. The first-order valence-electron chi connectivity index (χ1n) is 9.01. The smallest absolute Gasteiger partial charge is 0.267 e. The summed E-state index contributed by atoms with van der Waals surface area (Å²) in [5, 5.41) is 17.0. The maximum atomic E-state index is 12.5. The van der Waals surface area contributed by atoms with Gasteiger partial charge in [-0.25, -0.2) is 4.68 Å². The van der Waals surface area contributed by atoms with Crippen molar-refractivity contribution in [2.75, 3.05) is 5.32 Å². The Morgan fingerprint density at radius 3 is 2.46 bits per heavy atom. The number of aromatic hydroxyl groups is 1. The summed E-state index contributed by atoms with van der Waals surface area (Å²) in [6, 6.07) is 17.5. The molecule has 28 heavy (non-hydrogen) atoms. The van der Waals surface area contributed by atoms with Crippen LogP contribution in [0.2, 0.25) is 0 Å². The van der Waals surface area contributed by atoms with E-state index in [0.717, 1.165) is 15.8 Å². The number of phenols is 1. The summed E-state index contributed by atoms with van der Waals surface area (Å²) >= 11 is 0. The van der Waals surface area contributed by atoms with Crippen LogP contribution in [0.1, 0.15) is 26.3 Å². The highest BCUT2D eigenvalue weighted by atomic mass is 16.3. The van der Waals surface area contributed by atoms with E-state index in [2.05, 4.69) is 10.4 Å². The van der Waals surface area contributed by atoms with Crippen molar-refractivity contribution in [1.82, 2.24) is 9.78 Å². The minimum absolute atomic E-state index is 0.0281. The average molecular weight is 377 g/mol. The Kier molecular flexibility index (Phi) is 5.31. The summed E-state index contributed by atoms with van der Waals surface area (Å²) in [6.07, 6.45) is 0. The van der Waals surface area contributed by atoms with Gasteiger partial charge >= 0.3 is 0 Å². The third-order valence-corrected chi connectivity index (χ3v) is 4.37. The summed E-state index contributed by atoms with van der Waals surface area (Å²) in [7, 11) is 0. The molecule has 2 aromatic carbocycles. The monoisotopic (exact) mass is 377 g/mol. The fraction of sp³-hybridized carbons (Fsp3) is 0.227. The van der Waals surface area contributed by atoms with Crippen molar-refractivity contribution in [2.24, 2.45) is 0 Å². The van der Waals surface area contributed by atoms with E-state index in [1.165, 1.54) is 6.07 Å². The van der Waals surface area contributed by atoms with Crippen molar-refractivity contribution < 1.29 is 9.90 Å². The number of phenolic OH excluding ortho intramolecular Hbond substituents is 1. The lowest BCUT2D eigenvalue weighted by Gasteiger charge is -2.20. The number of amides is 1. The molecule has 1 amide bonds. The molecule has 1 aromatic heterocycles. The van der Waals surface area contributed by atoms with E-state index in [-0.39, 0.29) is 23.3 Å². The molecule has 0 radical (unpaired) electrons. The molecule has 0 saturated heterocycles. The number of nitrogens with one attached hydrogen (secondary N) is 1. The van der Waals surface area contributed by atoms with Crippen LogP contribution in [-0.2, 0) is 16.8 Å². The second-order valence-electron chi connectivity index (χ2n) is 7.61. The van der Waals surface area contributed by atoms with E-state index in [0.29, 0.717) is 11.4 Å². The van der Waals surface area contributed by atoms with Gasteiger partial charge in [-0.05, 0) is 29.2 Å². The zero-order valence-electron chi connectivity index (χ0n) is 16.1. The molecule has 144 valence electrons.